The van der Waals surface area contributed by atoms with Gasteiger partial charge in [0.1, 0.15) is 17.5 Å². The molecular weight excluding hydrogens is 885 g/mol. The smallest absolute Gasteiger partial charge is 0.333 e. The molecule has 2 fully saturated rings. The van der Waals surface area contributed by atoms with E-state index >= 15 is 0 Å². The molecule has 0 amide bonds. The Bertz CT molecular complexity index is 3450. The molecule has 18 heteroatoms. The summed E-state index contributed by atoms with van der Waals surface area (Å²) < 4.78 is 7.32. The largest absolute Gasteiger partial charge is 0.356 e. The Morgan fingerprint density at radius 3 is 1.66 bits per heavy atom. The van der Waals surface area contributed by atoms with E-state index in [1.54, 1.807) is 44.3 Å². The molecule has 0 bridgehead atoms. The van der Waals surface area contributed by atoms with Gasteiger partial charge >= 0.3 is 11.4 Å². The first kappa shape index (κ1) is 46.5. The van der Waals surface area contributed by atoms with Gasteiger partial charge in [0.05, 0.1) is 66.2 Å². The maximum absolute atomic E-state index is 13.8. The van der Waals surface area contributed by atoms with Crippen LogP contribution in [-0.4, -0.2) is 76.3 Å². The number of nitrogens with two attached hydrogens (primary N) is 2. The molecule has 2 saturated heterocycles. The van der Waals surface area contributed by atoms with Crippen molar-refractivity contribution in [2.24, 2.45) is 11.5 Å². The second kappa shape index (κ2) is 20.7. The molecule has 1 unspecified atom stereocenters. The van der Waals surface area contributed by atoms with Crippen molar-refractivity contribution in [3.05, 3.63) is 203 Å². The monoisotopic (exact) mass is 936 g/mol. The average Bonchev–Trinajstić information content (AvgIpc) is 4.07. The quantitative estimate of drug-likeness (QED) is 0.168. The van der Waals surface area contributed by atoms with Crippen LogP contribution in [0.3, 0.4) is 0 Å². The fourth-order valence-electron chi connectivity index (χ4n) is 9.22. The number of H-pyrrole nitrogens is 1. The van der Waals surface area contributed by atoms with Crippen molar-refractivity contribution in [2.75, 3.05) is 36.0 Å². The number of hydrogen-bond donors (Lipinski definition) is 3. The van der Waals surface area contributed by atoms with Crippen LogP contribution in [0.2, 0.25) is 0 Å². The Hall–Kier alpha value is -8.58. The van der Waals surface area contributed by atoms with Crippen LogP contribution in [0.5, 0.6) is 0 Å². The second-order valence-electron chi connectivity index (χ2n) is 17.6. The summed E-state index contributed by atoms with van der Waals surface area (Å²) in [4.78, 5) is 65.5. The summed E-state index contributed by atoms with van der Waals surface area (Å²) in [7, 11) is 0. The van der Waals surface area contributed by atoms with Crippen LogP contribution in [0, 0.1) is 22.7 Å². The molecule has 354 valence electrons. The average molecular weight is 937 g/mol. The zero-order valence-corrected chi connectivity index (χ0v) is 38.5. The van der Waals surface area contributed by atoms with Crippen molar-refractivity contribution in [1.29, 1.82) is 10.5 Å². The predicted molar refractivity (Wildman–Crippen MR) is 267 cm³/mol. The number of benzene rings is 4. The van der Waals surface area contributed by atoms with Gasteiger partial charge in [0.15, 0.2) is 0 Å². The Morgan fingerprint density at radius 2 is 1.14 bits per heavy atom. The number of nitrogens with one attached hydrogen (secondary N) is 1. The van der Waals surface area contributed by atoms with Gasteiger partial charge in [0.25, 0.3) is 11.1 Å². The van der Waals surface area contributed by atoms with E-state index in [-0.39, 0.29) is 43.8 Å². The minimum absolute atomic E-state index is 0.0199. The van der Waals surface area contributed by atoms with Crippen molar-refractivity contribution in [2.45, 2.75) is 63.9 Å². The van der Waals surface area contributed by atoms with Crippen molar-refractivity contribution in [3.63, 3.8) is 0 Å². The summed E-state index contributed by atoms with van der Waals surface area (Å²) in [6.45, 7) is 3.06. The van der Waals surface area contributed by atoms with Gasteiger partial charge in [-0.2, -0.15) is 15.6 Å². The van der Waals surface area contributed by atoms with Crippen LogP contribution in [0.4, 0.5) is 11.6 Å². The molecule has 5 N–H and O–H groups in total. The minimum Gasteiger partial charge on any atom is -0.356 e. The number of fused-ring (bicyclic) bond motifs is 1. The van der Waals surface area contributed by atoms with Gasteiger partial charge in [-0.15, -0.1) is 0 Å². The van der Waals surface area contributed by atoms with E-state index in [0.29, 0.717) is 60.3 Å². The lowest BCUT2D eigenvalue weighted by Gasteiger charge is -2.34. The molecule has 2 atom stereocenters. The molecule has 2 aliphatic heterocycles. The van der Waals surface area contributed by atoms with Crippen LogP contribution < -0.4 is 43.8 Å². The number of nitriles is 2. The first-order chi connectivity index (χ1) is 34.1. The van der Waals surface area contributed by atoms with Crippen molar-refractivity contribution < 1.29 is 0 Å². The van der Waals surface area contributed by atoms with E-state index in [1.165, 1.54) is 21.3 Å². The number of aromatic nitrogens is 8. The number of anilines is 2. The van der Waals surface area contributed by atoms with E-state index in [2.05, 4.69) is 27.2 Å². The molecule has 0 radical (unpaired) electrons. The van der Waals surface area contributed by atoms with Gasteiger partial charge in [-0.05, 0) is 84.8 Å². The lowest BCUT2D eigenvalue weighted by Crippen LogP contribution is -2.48. The minimum atomic E-state index is -0.449. The maximum atomic E-state index is 13.8. The summed E-state index contributed by atoms with van der Waals surface area (Å²) in [5.41, 5.74) is 16.5. The molecule has 4 aromatic heterocycles. The topological polar surface area (TPSA) is 241 Å². The molecule has 0 spiro atoms. The van der Waals surface area contributed by atoms with Crippen LogP contribution in [0.1, 0.15) is 59.3 Å². The second-order valence-corrected chi connectivity index (χ2v) is 17.6. The van der Waals surface area contributed by atoms with Crippen molar-refractivity contribution in [3.8, 4) is 17.8 Å². The Kier molecular flexibility index (Phi) is 13.8. The lowest BCUT2D eigenvalue weighted by molar-refractivity contribution is 0.489. The first-order valence-corrected chi connectivity index (χ1v) is 23.3. The summed E-state index contributed by atoms with van der Waals surface area (Å²) in [6, 6.07) is 38.7. The highest BCUT2D eigenvalue weighted by Crippen LogP contribution is 2.22. The van der Waals surface area contributed by atoms with E-state index in [4.69, 9.17) is 11.5 Å². The third-order valence-electron chi connectivity index (χ3n) is 12.8. The van der Waals surface area contributed by atoms with Gasteiger partial charge in [0.2, 0.25) is 0 Å². The highest BCUT2D eigenvalue weighted by molar-refractivity contribution is 5.74. The maximum Gasteiger partial charge on any atom is 0.333 e. The SMILES string of the molecule is N#Cc1ccccc1Cn1c(N2CCCC(N)C2)cc(=O)n(Cc2nc3ccccc3[nH]2)c1=O.N#Cc1ccccc1Cn1c(N2CCC[C@@H](N)C2)cc(=O)n(Cc2ccc(-n3cccn3)cc2)c1=O. The van der Waals surface area contributed by atoms with E-state index in [0.717, 1.165) is 53.5 Å². The standard InChI is InChI=1S/C27H27N7O2.C25H25N7O2/c28-16-21-5-1-2-6-22(21)18-32-25(31-13-3-7-23(29)19-31)15-26(35)33(27(32)36)17-20-8-10-24(11-9-20)34-14-4-12-30-34;26-13-17-6-1-2-7-18(17)14-31-23(30-11-5-8-19(27)15-30)12-24(33)32(25(31)34)16-22-28-20-9-3-4-10-21(20)29-22/h1-2,4-6,8-12,14-15,23H,3,7,13,17-19,29H2;1-4,6-7,9-10,12,19H,5,8,11,14-16,27H2,(H,28,29)/t23-;/m1./s1. The predicted octanol–water partition coefficient (Wildman–Crippen LogP) is 3.87. The zero-order chi connectivity index (χ0) is 48.7. The van der Waals surface area contributed by atoms with Crippen LogP contribution in [0.25, 0.3) is 16.7 Å². The lowest BCUT2D eigenvalue weighted by atomic mass is 10.1. The van der Waals surface area contributed by atoms with Crippen LogP contribution >= 0.6 is 0 Å². The highest BCUT2D eigenvalue weighted by atomic mass is 16.2. The zero-order valence-electron chi connectivity index (χ0n) is 38.5. The number of hydrogen-bond acceptors (Lipinski definition) is 12. The molecule has 2 aliphatic rings. The van der Waals surface area contributed by atoms with Gasteiger partial charge in [-0.25, -0.2) is 19.3 Å². The van der Waals surface area contributed by atoms with Crippen molar-refractivity contribution >= 4 is 22.7 Å². The molecule has 8 aromatic rings. The van der Waals surface area contributed by atoms with Crippen molar-refractivity contribution in [1.82, 2.24) is 38.0 Å². The molecule has 6 heterocycles. The van der Waals surface area contributed by atoms with E-state index in [9.17, 15) is 29.7 Å². The number of aromatic amines is 1. The van der Waals surface area contributed by atoms with Gasteiger partial charge < -0.3 is 26.3 Å². The van der Waals surface area contributed by atoms with Crippen LogP contribution in [0.15, 0.2) is 147 Å². The fourth-order valence-corrected chi connectivity index (χ4v) is 9.22. The molecule has 4 aromatic carbocycles. The van der Waals surface area contributed by atoms with Crippen LogP contribution in [-0.2, 0) is 26.2 Å². The molecule has 10 rings (SSSR count). The van der Waals surface area contributed by atoms with E-state index < -0.39 is 16.9 Å². The third-order valence-corrected chi connectivity index (χ3v) is 12.8. The number of rotatable bonds is 11. The summed E-state index contributed by atoms with van der Waals surface area (Å²) >= 11 is 0. The Morgan fingerprint density at radius 1 is 0.614 bits per heavy atom. The van der Waals surface area contributed by atoms with Gasteiger partial charge in [0, 0.05) is 62.8 Å². The molecule has 18 nitrogen and oxygen atoms in total. The summed E-state index contributed by atoms with van der Waals surface area (Å²) in [5.74, 6) is 1.59. The van der Waals surface area contributed by atoms with Gasteiger partial charge in [-0.3, -0.25) is 27.9 Å². The first-order valence-electron chi connectivity index (χ1n) is 23.3. The number of para-hydroxylation sites is 2. The summed E-state index contributed by atoms with van der Waals surface area (Å²) in [6.07, 6.45) is 7.13. The Labute approximate surface area is 402 Å². The fraction of sp³-hybridized carbons (Fsp3) is 0.269. The van der Waals surface area contributed by atoms with E-state index in [1.807, 2.05) is 94.9 Å². The molecule has 0 aliphatic carbocycles. The molecule has 0 saturated carbocycles. The normalized spacial score (nSPS) is 15.8. The number of nitrogens with zero attached hydrogens (tertiary/aromatic N) is 11. The van der Waals surface area contributed by atoms with Gasteiger partial charge in [-0.1, -0.05) is 60.7 Å². The number of imidazole rings is 1. The molecule has 70 heavy (non-hydrogen) atoms. The Balaban J connectivity index is 0.000000174. The summed E-state index contributed by atoms with van der Waals surface area (Å²) in [5, 5.41) is 23.4. The third kappa shape index (κ3) is 10.1. The molecular formula is C52H52N14O4. The highest BCUT2D eigenvalue weighted by Gasteiger charge is 2.25. The number of piperidine rings is 2.